The first kappa shape index (κ1) is 12.0. The predicted octanol–water partition coefficient (Wildman–Crippen LogP) is 1.15. The molecule has 18 heavy (non-hydrogen) atoms. The number of hydrogen-bond donors (Lipinski definition) is 1. The van der Waals surface area contributed by atoms with Crippen LogP contribution in [0.4, 0.5) is 5.82 Å². The molecule has 7 heteroatoms. The van der Waals surface area contributed by atoms with Crippen molar-refractivity contribution in [2.24, 2.45) is 0 Å². The van der Waals surface area contributed by atoms with Crippen molar-refractivity contribution in [1.82, 2.24) is 9.97 Å². The molecule has 0 spiro atoms. The Hall–Kier alpha value is -2.46. The Bertz CT molecular complexity index is 692. The van der Waals surface area contributed by atoms with E-state index >= 15 is 0 Å². The van der Waals surface area contributed by atoms with Crippen molar-refractivity contribution in [2.45, 2.75) is 4.90 Å². The average molecular weight is 260 g/mol. The quantitative estimate of drug-likeness (QED) is 0.893. The maximum atomic E-state index is 11.9. The highest BCUT2D eigenvalue weighted by Gasteiger charge is 2.14. The van der Waals surface area contributed by atoms with Gasteiger partial charge in [-0.15, -0.1) is 0 Å². The fourth-order valence-corrected chi connectivity index (χ4v) is 2.25. The van der Waals surface area contributed by atoms with Crippen molar-refractivity contribution in [2.75, 3.05) is 4.72 Å². The van der Waals surface area contributed by atoms with E-state index < -0.39 is 10.0 Å². The van der Waals surface area contributed by atoms with E-state index in [0.29, 0.717) is 5.56 Å². The highest BCUT2D eigenvalue weighted by Crippen LogP contribution is 2.13. The number of nitriles is 1. The third-order valence-electron chi connectivity index (χ3n) is 2.09. The minimum Gasteiger partial charge on any atom is -0.265 e. The van der Waals surface area contributed by atoms with Gasteiger partial charge in [0.15, 0.2) is 0 Å². The monoisotopic (exact) mass is 260 g/mol. The lowest BCUT2D eigenvalue weighted by Gasteiger charge is -2.06. The van der Waals surface area contributed by atoms with Gasteiger partial charge in [-0.05, 0) is 24.3 Å². The second-order valence-electron chi connectivity index (χ2n) is 3.33. The van der Waals surface area contributed by atoms with Crippen LogP contribution in [-0.4, -0.2) is 18.4 Å². The summed E-state index contributed by atoms with van der Waals surface area (Å²) in [5, 5.41) is 8.71. The molecule has 6 nitrogen and oxygen atoms in total. The molecule has 0 radical (unpaired) electrons. The van der Waals surface area contributed by atoms with Crippen LogP contribution < -0.4 is 4.72 Å². The van der Waals surface area contributed by atoms with E-state index in [0.717, 1.165) is 0 Å². The molecule has 0 atom stereocenters. The lowest BCUT2D eigenvalue weighted by molar-refractivity contribution is 0.601. The number of anilines is 1. The number of rotatable bonds is 3. The standard InChI is InChI=1S/C11H8N4O2S/c12-8-9-1-6-14-11(7-9)15-18(16,17)10-2-4-13-5-3-10/h1-7H,(H,14,15). The lowest BCUT2D eigenvalue weighted by Crippen LogP contribution is -2.13. The highest BCUT2D eigenvalue weighted by atomic mass is 32.2. The first-order valence-corrected chi connectivity index (χ1v) is 6.39. The summed E-state index contributed by atoms with van der Waals surface area (Å²) in [5.74, 6) is 0.103. The number of nitrogens with zero attached hydrogens (tertiary/aromatic N) is 3. The lowest BCUT2D eigenvalue weighted by atomic mass is 10.3. The zero-order chi connectivity index (χ0) is 13.0. The summed E-state index contributed by atoms with van der Waals surface area (Å²) in [4.78, 5) is 7.67. The maximum absolute atomic E-state index is 11.9. The van der Waals surface area contributed by atoms with Crippen molar-refractivity contribution in [3.8, 4) is 6.07 Å². The first-order chi connectivity index (χ1) is 8.62. The Morgan fingerprint density at radius 1 is 1.17 bits per heavy atom. The van der Waals surface area contributed by atoms with E-state index in [9.17, 15) is 8.42 Å². The van der Waals surface area contributed by atoms with Crippen molar-refractivity contribution >= 4 is 15.8 Å². The molecule has 2 heterocycles. The molecule has 0 bridgehead atoms. The summed E-state index contributed by atoms with van der Waals surface area (Å²) in [7, 11) is -3.70. The molecule has 2 aromatic heterocycles. The Morgan fingerprint density at radius 2 is 1.89 bits per heavy atom. The summed E-state index contributed by atoms with van der Waals surface area (Å²) in [6.45, 7) is 0. The van der Waals surface area contributed by atoms with E-state index in [1.54, 1.807) is 0 Å². The second kappa shape index (κ2) is 4.81. The van der Waals surface area contributed by atoms with Gasteiger partial charge in [0, 0.05) is 18.6 Å². The summed E-state index contributed by atoms with van der Waals surface area (Å²) < 4.78 is 26.2. The summed E-state index contributed by atoms with van der Waals surface area (Å²) >= 11 is 0. The number of pyridine rings is 2. The van der Waals surface area contributed by atoms with E-state index in [1.807, 2.05) is 6.07 Å². The van der Waals surface area contributed by atoms with Crippen LogP contribution >= 0.6 is 0 Å². The Morgan fingerprint density at radius 3 is 2.56 bits per heavy atom. The van der Waals surface area contributed by atoms with Crippen LogP contribution in [0.2, 0.25) is 0 Å². The molecule has 0 aromatic carbocycles. The van der Waals surface area contributed by atoms with Gasteiger partial charge in [-0.3, -0.25) is 9.71 Å². The van der Waals surface area contributed by atoms with Gasteiger partial charge in [-0.2, -0.15) is 5.26 Å². The molecule has 90 valence electrons. The second-order valence-corrected chi connectivity index (χ2v) is 5.01. The van der Waals surface area contributed by atoms with Crippen LogP contribution in [0.1, 0.15) is 5.56 Å². The smallest absolute Gasteiger partial charge is 0.263 e. The topological polar surface area (TPSA) is 95.7 Å². The SMILES string of the molecule is N#Cc1ccnc(NS(=O)(=O)c2ccncc2)c1. The fourth-order valence-electron chi connectivity index (χ4n) is 1.27. The molecule has 0 aliphatic carbocycles. The molecule has 0 amide bonds. The number of hydrogen-bond acceptors (Lipinski definition) is 5. The van der Waals surface area contributed by atoms with Gasteiger partial charge in [-0.25, -0.2) is 13.4 Å². The van der Waals surface area contributed by atoms with Crippen molar-refractivity contribution in [3.05, 3.63) is 48.4 Å². The summed E-state index contributed by atoms with van der Waals surface area (Å²) in [6, 6.07) is 7.50. The average Bonchev–Trinajstić information content (AvgIpc) is 2.39. The van der Waals surface area contributed by atoms with Crippen molar-refractivity contribution in [1.29, 1.82) is 5.26 Å². The molecule has 0 aliphatic heterocycles. The van der Waals surface area contributed by atoms with E-state index in [1.165, 1.54) is 42.9 Å². The van der Waals surface area contributed by atoms with E-state index in [4.69, 9.17) is 5.26 Å². The molecule has 0 fully saturated rings. The Labute approximate surface area is 104 Å². The molecule has 2 aromatic rings. The van der Waals surface area contributed by atoms with Gasteiger partial charge in [0.2, 0.25) is 0 Å². The van der Waals surface area contributed by atoms with E-state index in [-0.39, 0.29) is 10.7 Å². The van der Waals surface area contributed by atoms with Crippen LogP contribution in [0.15, 0.2) is 47.8 Å². The van der Waals surface area contributed by atoms with Gasteiger partial charge in [0.1, 0.15) is 5.82 Å². The molecule has 2 rings (SSSR count). The van der Waals surface area contributed by atoms with Crippen molar-refractivity contribution < 1.29 is 8.42 Å². The van der Waals surface area contributed by atoms with Gasteiger partial charge in [-0.1, -0.05) is 0 Å². The van der Waals surface area contributed by atoms with Crippen molar-refractivity contribution in [3.63, 3.8) is 0 Å². The maximum Gasteiger partial charge on any atom is 0.263 e. The van der Waals surface area contributed by atoms with Crippen LogP contribution in [0.3, 0.4) is 0 Å². The highest BCUT2D eigenvalue weighted by molar-refractivity contribution is 7.92. The van der Waals surface area contributed by atoms with Gasteiger partial charge < -0.3 is 0 Å². The zero-order valence-corrected chi connectivity index (χ0v) is 9.92. The minimum absolute atomic E-state index is 0.0849. The number of aromatic nitrogens is 2. The van der Waals surface area contributed by atoms with Crippen LogP contribution in [0.25, 0.3) is 0 Å². The molecule has 0 saturated carbocycles. The molecule has 1 N–H and O–H groups in total. The molecule has 0 aliphatic rings. The van der Waals surface area contributed by atoms with Crippen LogP contribution in [0.5, 0.6) is 0 Å². The van der Waals surface area contributed by atoms with E-state index in [2.05, 4.69) is 14.7 Å². The zero-order valence-electron chi connectivity index (χ0n) is 9.11. The van der Waals surface area contributed by atoms with Gasteiger partial charge in [0.25, 0.3) is 10.0 Å². The molecule has 0 saturated heterocycles. The molecule has 0 unspecified atom stereocenters. The van der Waals surface area contributed by atoms with Gasteiger partial charge >= 0.3 is 0 Å². The first-order valence-electron chi connectivity index (χ1n) is 4.91. The molecular formula is C11H8N4O2S. The number of nitrogens with one attached hydrogen (secondary N) is 1. The Kier molecular flexibility index (Phi) is 3.21. The normalized spacial score (nSPS) is 10.6. The van der Waals surface area contributed by atoms with Crippen LogP contribution in [0, 0.1) is 11.3 Å². The minimum atomic E-state index is -3.70. The number of sulfonamides is 1. The third-order valence-corrected chi connectivity index (χ3v) is 3.46. The fraction of sp³-hybridized carbons (Fsp3) is 0. The Balaban J connectivity index is 2.32. The molecular weight excluding hydrogens is 252 g/mol. The largest absolute Gasteiger partial charge is 0.265 e. The van der Waals surface area contributed by atoms with Crippen LogP contribution in [-0.2, 0) is 10.0 Å². The predicted molar refractivity (Wildman–Crippen MR) is 64.0 cm³/mol. The summed E-state index contributed by atoms with van der Waals surface area (Å²) in [5.41, 5.74) is 0.331. The third kappa shape index (κ3) is 2.61. The summed E-state index contributed by atoms with van der Waals surface area (Å²) in [6.07, 6.45) is 4.13. The van der Waals surface area contributed by atoms with Gasteiger partial charge in [0.05, 0.1) is 16.5 Å².